The van der Waals surface area contributed by atoms with Gasteiger partial charge in [0, 0.05) is 31.9 Å². The zero-order valence-corrected chi connectivity index (χ0v) is 23.8. The number of nitrogens with zero attached hydrogens (tertiary/aromatic N) is 3. The van der Waals surface area contributed by atoms with E-state index in [-0.39, 0.29) is 37.0 Å². The van der Waals surface area contributed by atoms with Gasteiger partial charge in [-0.1, -0.05) is 54.6 Å². The number of ether oxygens (including phenoxy) is 1. The van der Waals surface area contributed by atoms with Crippen LogP contribution in [0.15, 0.2) is 79.1 Å². The van der Waals surface area contributed by atoms with Gasteiger partial charge in [0.15, 0.2) is 0 Å². The van der Waals surface area contributed by atoms with Crippen LogP contribution in [0.1, 0.15) is 39.5 Å². The number of hydrogen-bond donors (Lipinski definition) is 2. The highest BCUT2D eigenvalue weighted by Gasteiger charge is 2.39. The molecule has 3 aromatic rings. The number of nitrogens with one attached hydrogen (secondary N) is 2. The van der Waals surface area contributed by atoms with Crippen molar-refractivity contribution in [1.29, 1.82) is 0 Å². The Labute approximate surface area is 249 Å². The molecular formula is C32H33N5O6. The smallest absolute Gasteiger partial charge is 0.328 e. The molecule has 3 heterocycles. The van der Waals surface area contributed by atoms with Crippen LogP contribution in [0.5, 0.6) is 0 Å². The summed E-state index contributed by atoms with van der Waals surface area (Å²) in [6.45, 7) is 0.720. The van der Waals surface area contributed by atoms with Crippen LogP contribution in [-0.4, -0.2) is 83.2 Å². The first-order chi connectivity index (χ1) is 20.8. The molecule has 2 aliphatic heterocycles. The molecule has 2 N–H and O–H groups in total. The lowest BCUT2D eigenvalue weighted by Gasteiger charge is -2.44. The highest BCUT2D eigenvalue weighted by Crippen LogP contribution is 2.33. The maximum Gasteiger partial charge on any atom is 0.328 e. The van der Waals surface area contributed by atoms with E-state index in [1.807, 2.05) is 54.6 Å². The molecule has 4 amide bonds. The van der Waals surface area contributed by atoms with E-state index in [0.29, 0.717) is 6.54 Å². The topological polar surface area (TPSA) is 138 Å². The lowest BCUT2D eigenvalue weighted by Crippen LogP contribution is -2.58. The van der Waals surface area contributed by atoms with Crippen LogP contribution in [0.2, 0.25) is 0 Å². The number of fused-ring (bicyclic) bond motifs is 3. The minimum absolute atomic E-state index is 0.124. The van der Waals surface area contributed by atoms with E-state index in [0.717, 1.165) is 23.1 Å². The van der Waals surface area contributed by atoms with Crippen molar-refractivity contribution in [1.82, 2.24) is 25.4 Å². The van der Waals surface area contributed by atoms with Crippen LogP contribution in [0, 0.1) is 0 Å². The Hall–Kier alpha value is -5.06. The van der Waals surface area contributed by atoms with Crippen molar-refractivity contribution in [3.8, 4) is 0 Å². The van der Waals surface area contributed by atoms with Gasteiger partial charge in [0.1, 0.15) is 12.1 Å². The van der Waals surface area contributed by atoms with Crippen LogP contribution in [-0.2, 0) is 36.8 Å². The maximum atomic E-state index is 13.6. The Balaban J connectivity index is 1.35. The number of esters is 1. The number of aromatic nitrogens is 1. The second kappa shape index (κ2) is 13.3. The molecule has 2 aromatic carbocycles. The standard InChI is InChI=1S/C32H33N5O6/c1-43-32(42)26(16-21-8-3-2-4-9-21)35-31(41)25(34-30(40)23-11-7-14-33-18-23)17-28(38)36-19-27-24-12-6-5-10-22(24)13-15-37(27)29(39)20-36/h2-12,14,18,25-27H,13,15-17,19-20H2,1H3,(H,34,40)(H,35,41)/t25-,26-,27?/m0/s1. The van der Waals surface area contributed by atoms with E-state index in [9.17, 15) is 24.0 Å². The molecule has 0 bridgehead atoms. The summed E-state index contributed by atoms with van der Waals surface area (Å²) in [5.41, 5.74) is 3.12. The van der Waals surface area contributed by atoms with Crippen LogP contribution in [0.3, 0.4) is 0 Å². The third kappa shape index (κ3) is 6.88. The number of hydrogen-bond acceptors (Lipinski definition) is 7. The van der Waals surface area contributed by atoms with Gasteiger partial charge in [0.25, 0.3) is 5.91 Å². The average Bonchev–Trinajstić information content (AvgIpc) is 3.04. The van der Waals surface area contributed by atoms with E-state index in [1.165, 1.54) is 30.5 Å². The number of methoxy groups -OCH3 is 1. The van der Waals surface area contributed by atoms with Gasteiger partial charge in [0.05, 0.1) is 31.7 Å². The molecule has 1 aromatic heterocycles. The van der Waals surface area contributed by atoms with E-state index in [1.54, 1.807) is 11.0 Å². The van der Waals surface area contributed by atoms with Crippen molar-refractivity contribution in [2.45, 2.75) is 37.4 Å². The number of benzene rings is 2. The summed E-state index contributed by atoms with van der Waals surface area (Å²) >= 11 is 0. The van der Waals surface area contributed by atoms with Crippen molar-refractivity contribution >= 4 is 29.6 Å². The fourth-order valence-corrected chi connectivity index (χ4v) is 5.57. The Morgan fingerprint density at radius 3 is 2.49 bits per heavy atom. The van der Waals surface area contributed by atoms with Crippen molar-refractivity contribution < 1.29 is 28.7 Å². The molecule has 1 fully saturated rings. The monoisotopic (exact) mass is 583 g/mol. The molecule has 11 nitrogen and oxygen atoms in total. The molecule has 43 heavy (non-hydrogen) atoms. The summed E-state index contributed by atoms with van der Waals surface area (Å²) in [6, 6.07) is 17.4. The normalized spacial score (nSPS) is 17.1. The number of carbonyl (C=O) groups excluding carboxylic acids is 5. The van der Waals surface area contributed by atoms with Crippen molar-refractivity contribution in [3.05, 3.63) is 101 Å². The molecular weight excluding hydrogens is 550 g/mol. The van der Waals surface area contributed by atoms with Crippen LogP contribution in [0.4, 0.5) is 0 Å². The quantitative estimate of drug-likeness (QED) is 0.364. The van der Waals surface area contributed by atoms with Gasteiger partial charge in [-0.25, -0.2) is 4.79 Å². The largest absolute Gasteiger partial charge is 0.467 e. The number of amides is 4. The van der Waals surface area contributed by atoms with E-state index >= 15 is 0 Å². The molecule has 0 aliphatic carbocycles. The molecule has 11 heteroatoms. The predicted molar refractivity (Wildman–Crippen MR) is 155 cm³/mol. The zero-order chi connectivity index (χ0) is 30.3. The molecule has 0 saturated carbocycles. The summed E-state index contributed by atoms with van der Waals surface area (Å²) in [5.74, 6) is -2.65. The molecule has 5 rings (SSSR count). The van der Waals surface area contributed by atoms with Gasteiger partial charge < -0.3 is 25.2 Å². The second-order valence-electron chi connectivity index (χ2n) is 10.6. The molecule has 3 atom stereocenters. The van der Waals surface area contributed by atoms with Crippen molar-refractivity contribution in [2.75, 3.05) is 26.7 Å². The third-order valence-corrected chi connectivity index (χ3v) is 7.81. The van der Waals surface area contributed by atoms with Crippen LogP contribution >= 0.6 is 0 Å². The van der Waals surface area contributed by atoms with Crippen LogP contribution in [0.25, 0.3) is 0 Å². The highest BCUT2D eigenvalue weighted by molar-refractivity contribution is 5.99. The molecule has 1 saturated heterocycles. The van der Waals surface area contributed by atoms with Gasteiger partial charge in [-0.3, -0.25) is 24.2 Å². The fraction of sp³-hybridized carbons (Fsp3) is 0.312. The first-order valence-corrected chi connectivity index (χ1v) is 14.1. The molecule has 2 aliphatic rings. The van der Waals surface area contributed by atoms with Crippen LogP contribution < -0.4 is 10.6 Å². The third-order valence-electron chi connectivity index (χ3n) is 7.81. The lowest BCUT2D eigenvalue weighted by atomic mass is 9.90. The minimum Gasteiger partial charge on any atom is -0.467 e. The summed E-state index contributed by atoms with van der Waals surface area (Å²) in [4.78, 5) is 73.2. The summed E-state index contributed by atoms with van der Waals surface area (Å²) in [5, 5.41) is 5.29. The van der Waals surface area contributed by atoms with Gasteiger partial charge in [-0.2, -0.15) is 0 Å². The Bertz CT molecular complexity index is 1500. The molecule has 0 radical (unpaired) electrons. The first kappa shape index (κ1) is 29.4. The minimum atomic E-state index is -1.34. The molecule has 222 valence electrons. The van der Waals surface area contributed by atoms with Crippen molar-refractivity contribution in [3.63, 3.8) is 0 Å². The zero-order valence-electron chi connectivity index (χ0n) is 23.8. The highest BCUT2D eigenvalue weighted by atomic mass is 16.5. The molecule has 1 unspecified atom stereocenters. The summed E-state index contributed by atoms with van der Waals surface area (Å²) in [7, 11) is 1.22. The first-order valence-electron chi connectivity index (χ1n) is 14.1. The van der Waals surface area contributed by atoms with Gasteiger partial charge in [-0.15, -0.1) is 0 Å². The maximum absolute atomic E-state index is 13.6. The van der Waals surface area contributed by atoms with Gasteiger partial charge >= 0.3 is 5.97 Å². The van der Waals surface area contributed by atoms with E-state index in [4.69, 9.17) is 4.74 Å². The summed E-state index contributed by atoms with van der Waals surface area (Å²) < 4.78 is 4.92. The fourth-order valence-electron chi connectivity index (χ4n) is 5.57. The predicted octanol–water partition coefficient (Wildman–Crippen LogP) is 1.44. The van der Waals surface area contributed by atoms with E-state index in [2.05, 4.69) is 15.6 Å². The lowest BCUT2D eigenvalue weighted by molar-refractivity contribution is -0.150. The summed E-state index contributed by atoms with van der Waals surface area (Å²) in [6.07, 6.45) is 3.33. The number of piperazine rings is 1. The molecule has 0 spiro atoms. The number of carbonyl (C=O) groups is 5. The Kier molecular flexibility index (Phi) is 9.09. The SMILES string of the molecule is COC(=O)[C@H](Cc1ccccc1)NC(=O)[C@H](CC(=O)N1CC(=O)N2CCc3ccccc3C2C1)NC(=O)c1cccnc1. The van der Waals surface area contributed by atoms with E-state index < -0.39 is 42.2 Å². The van der Waals surface area contributed by atoms with Gasteiger partial charge in [0.2, 0.25) is 17.7 Å². The number of pyridine rings is 1. The Morgan fingerprint density at radius 1 is 0.977 bits per heavy atom. The Morgan fingerprint density at radius 2 is 1.74 bits per heavy atom. The van der Waals surface area contributed by atoms with Gasteiger partial charge in [-0.05, 0) is 35.2 Å². The van der Waals surface area contributed by atoms with Crippen molar-refractivity contribution in [2.24, 2.45) is 0 Å². The average molecular weight is 584 g/mol. The number of rotatable bonds is 9. The second-order valence-corrected chi connectivity index (χ2v) is 10.6.